The highest BCUT2D eigenvalue weighted by molar-refractivity contribution is 8.13. The summed E-state index contributed by atoms with van der Waals surface area (Å²) in [5, 5.41) is 8.61. The summed E-state index contributed by atoms with van der Waals surface area (Å²) >= 11 is 1.45. The number of aryl methyl sites for hydroxylation is 1. The fourth-order valence-corrected chi connectivity index (χ4v) is 3.73. The minimum atomic E-state index is -0.516. The number of ether oxygens (including phenoxy) is 1. The van der Waals surface area contributed by atoms with Crippen molar-refractivity contribution >= 4 is 34.9 Å². The van der Waals surface area contributed by atoms with Gasteiger partial charge in [-0.15, -0.1) is 5.10 Å². The van der Waals surface area contributed by atoms with Gasteiger partial charge in [-0.2, -0.15) is 5.10 Å². The van der Waals surface area contributed by atoms with Crippen LogP contribution in [0.1, 0.15) is 43.9 Å². The molecule has 2 N–H and O–H groups in total. The van der Waals surface area contributed by atoms with Crippen LogP contribution in [0.3, 0.4) is 0 Å². The number of nitrogens with two attached hydrogens (primary N) is 1. The number of hydrogen-bond donors (Lipinski definition) is 1. The lowest BCUT2D eigenvalue weighted by molar-refractivity contribution is 0.0578. The van der Waals surface area contributed by atoms with Crippen LogP contribution in [0.2, 0.25) is 0 Å². The van der Waals surface area contributed by atoms with Crippen molar-refractivity contribution in [2.24, 2.45) is 15.9 Å². The standard InChI is InChI=1S/C23H28N4O2S/c1-23(2,3)29-22(28)27-13-7-10-19-14-18(11-12-20(19)27)15-25-26-21(24)30-16-17-8-5-4-6-9-17/h4-6,8-9,11-12,14-15H,7,10,13,16H2,1-3H3,(H2,24,26). The average Bonchev–Trinajstić information content (AvgIpc) is 2.71. The van der Waals surface area contributed by atoms with E-state index in [4.69, 9.17) is 10.5 Å². The van der Waals surface area contributed by atoms with Gasteiger partial charge in [-0.3, -0.25) is 4.90 Å². The van der Waals surface area contributed by atoms with E-state index in [2.05, 4.69) is 22.3 Å². The Kier molecular flexibility index (Phi) is 7.15. The van der Waals surface area contributed by atoms with Gasteiger partial charge in [0, 0.05) is 12.3 Å². The van der Waals surface area contributed by atoms with Crippen LogP contribution in [0.4, 0.5) is 10.5 Å². The van der Waals surface area contributed by atoms with E-state index >= 15 is 0 Å². The number of amidine groups is 1. The predicted molar refractivity (Wildman–Crippen MR) is 125 cm³/mol. The number of nitrogens with zero attached hydrogens (tertiary/aromatic N) is 3. The van der Waals surface area contributed by atoms with E-state index in [0.717, 1.165) is 35.4 Å². The lowest BCUT2D eigenvalue weighted by atomic mass is 10.00. The zero-order valence-electron chi connectivity index (χ0n) is 17.7. The normalized spacial score (nSPS) is 14.6. The Morgan fingerprint density at radius 2 is 2.00 bits per heavy atom. The van der Waals surface area contributed by atoms with E-state index in [-0.39, 0.29) is 6.09 Å². The molecule has 0 bridgehead atoms. The smallest absolute Gasteiger partial charge is 0.414 e. The van der Waals surface area contributed by atoms with E-state index in [9.17, 15) is 4.79 Å². The van der Waals surface area contributed by atoms with Gasteiger partial charge < -0.3 is 10.5 Å². The van der Waals surface area contributed by atoms with Crippen molar-refractivity contribution in [1.29, 1.82) is 0 Å². The molecule has 0 aliphatic carbocycles. The van der Waals surface area contributed by atoms with Gasteiger partial charge in [0.25, 0.3) is 0 Å². The molecule has 7 heteroatoms. The molecule has 2 aromatic rings. The van der Waals surface area contributed by atoms with E-state index in [1.165, 1.54) is 17.3 Å². The number of amides is 1. The molecule has 3 rings (SSSR count). The van der Waals surface area contributed by atoms with Crippen LogP contribution in [-0.4, -0.2) is 29.6 Å². The molecule has 0 fully saturated rings. The third-order valence-electron chi connectivity index (χ3n) is 4.43. The molecule has 1 aliphatic heterocycles. The summed E-state index contributed by atoms with van der Waals surface area (Å²) in [6.45, 7) is 6.29. The van der Waals surface area contributed by atoms with Crippen molar-refractivity contribution in [1.82, 2.24) is 0 Å². The highest BCUT2D eigenvalue weighted by Crippen LogP contribution is 2.29. The second-order valence-corrected chi connectivity index (χ2v) is 9.08. The molecule has 0 atom stereocenters. The quantitative estimate of drug-likeness (QED) is 0.427. The Balaban J connectivity index is 1.63. The Morgan fingerprint density at radius 3 is 2.73 bits per heavy atom. The molecular formula is C23H28N4O2S. The summed E-state index contributed by atoms with van der Waals surface area (Å²) in [4.78, 5) is 14.2. The van der Waals surface area contributed by atoms with Gasteiger partial charge in [-0.25, -0.2) is 4.79 Å². The molecule has 0 aromatic heterocycles. The molecule has 6 nitrogen and oxygen atoms in total. The summed E-state index contributed by atoms with van der Waals surface area (Å²) in [6, 6.07) is 16.0. The van der Waals surface area contributed by atoms with Crippen LogP contribution < -0.4 is 10.6 Å². The minimum absolute atomic E-state index is 0.308. The number of benzene rings is 2. The lowest BCUT2D eigenvalue weighted by Gasteiger charge is -2.31. The SMILES string of the molecule is CC(C)(C)OC(=O)N1CCCc2cc(C=NN=C(N)SCc3ccccc3)ccc21. The summed E-state index contributed by atoms with van der Waals surface area (Å²) in [6.07, 6.45) is 3.18. The molecule has 1 aliphatic rings. The molecule has 0 saturated heterocycles. The first-order valence-electron chi connectivity index (χ1n) is 9.98. The molecule has 158 valence electrons. The number of anilines is 1. The first kappa shape index (κ1) is 21.9. The number of carbonyl (C=O) groups is 1. The van der Waals surface area contributed by atoms with Crippen molar-refractivity contribution in [3.8, 4) is 0 Å². The second-order valence-electron chi connectivity index (χ2n) is 8.08. The highest BCUT2D eigenvalue weighted by atomic mass is 32.2. The van der Waals surface area contributed by atoms with E-state index < -0.39 is 5.60 Å². The Morgan fingerprint density at radius 1 is 1.23 bits per heavy atom. The topological polar surface area (TPSA) is 80.3 Å². The van der Waals surface area contributed by atoms with Gasteiger partial charge in [0.1, 0.15) is 5.60 Å². The number of fused-ring (bicyclic) bond motifs is 1. The van der Waals surface area contributed by atoms with Crippen molar-refractivity contribution < 1.29 is 9.53 Å². The van der Waals surface area contributed by atoms with Gasteiger partial charge >= 0.3 is 6.09 Å². The molecule has 0 unspecified atom stereocenters. The first-order valence-corrected chi connectivity index (χ1v) is 11.0. The van der Waals surface area contributed by atoms with Crippen LogP contribution in [0.25, 0.3) is 0 Å². The van der Waals surface area contributed by atoms with Crippen molar-refractivity contribution in [3.63, 3.8) is 0 Å². The lowest BCUT2D eigenvalue weighted by Crippen LogP contribution is -2.39. The van der Waals surface area contributed by atoms with Crippen LogP contribution in [-0.2, 0) is 16.9 Å². The van der Waals surface area contributed by atoms with Gasteiger partial charge in [-0.05, 0) is 62.4 Å². The predicted octanol–water partition coefficient (Wildman–Crippen LogP) is 4.96. The van der Waals surface area contributed by atoms with Crippen LogP contribution in [0.15, 0.2) is 58.7 Å². The van der Waals surface area contributed by atoms with Crippen molar-refractivity contribution in [2.75, 3.05) is 11.4 Å². The van der Waals surface area contributed by atoms with Crippen LogP contribution in [0, 0.1) is 0 Å². The zero-order chi connectivity index (χ0) is 21.6. The third kappa shape index (κ3) is 6.35. The van der Waals surface area contributed by atoms with Crippen molar-refractivity contribution in [2.45, 2.75) is 45.0 Å². The molecule has 1 amide bonds. The Labute approximate surface area is 182 Å². The molecule has 1 heterocycles. The second kappa shape index (κ2) is 9.80. The van der Waals surface area contributed by atoms with Crippen molar-refractivity contribution in [3.05, 3.63) is 65.2 Å². The fraction of sp³-hybridized carbons (Fsp3) is 0.348. The maximum atomic E-state index is 12.5. The molecule has 0 radical (unpaired) electrons. The van der Waals surface area contributed by atoms with Gasteiger partial charge in [0.2, 0.25) is 0 Å². The maximum absolute atomic E-state index is 12.5. The monoisotopic (exact) mass is 424 g/mol. The molecule has 30 heavy (non-hydrogen) atoms. The summed E-state index contributed by atoms with van der Waals surface area (Å²) in [7, 11) is 0. The maximum Gasteiger partial charge on any atom is 0.414 e. The number of carbonyl (C=O) groups excluding carboxylic acids is 1. The molecular weight excluding hydrogens is 396 g/mol. The molecule has 2 aromatic carbocycles. The number of rotatable bonds is 4. The van der Waals surface area contributed by atoms with Gasteiger partial charge in [0.05, 0.1) is 11.9 Å². The number of hydrogen-bond acceptors (Lipinski definition) is 5. The Hall–Kier alpha value is -2.80. The van der Waals surface area contributed by atoms with Crippen LogP contribution in [0.5, 0.6) is 0 Å². The number of thioether (sulfide) groups is 1. The van der Waals surface area contributed by atoms with Gasteiger partial charge in [-0.1, -0.05) is 48.2 Å². The molecule has 0 saturated carbocycles. The van der Waals surface area contributed by atoms with Gasteiger partial charge in [0.15, 0.2) is 5.17 Å². The largest absolute Gasteiger partial charge is 0.443 e. The summed E-state index contributed by atoms with van der Waals surface area (Å²) in [5.41, 5.74) is 9.53. The average molecular weight is 425 g/mol. The minimum Gasteiger partial charge on any atom is -0.443 e. The summed E-state index contributed by atoms with van der Waals surface area (Å²) in [5.74, 6) is 0.755. The Bertz CT molecular complexity index is 936. The van der Waals surface area contributed by atoms with E-state index in [0.29, 0.717) is 11.7 Å². The van der Waals surface area contributed by atoms with E-state index in [1.54, 1.807) is 11.1 Å². The third-order valence-corrected chi connectivity index (χ3v) is 5.28. The summed E-state index contributed by atoms with van der Waals surface area (Å²) < 4.78 is 5.54. The zero-order valence-corrected chi connectivity index (χ0v) is 18.5. The molecule has 0 spiro atoms. The van der Waals surface area contributed by atoms with E-state index in [1.807, 2.05) is 57.2 Å². The van der Waals surface area contributed by atoms with Crippen LogP contribution >= 0.6 is 11.8 Å². The highest BCUT2D eigenvalue weighted by Gasteiger charge is 2.27. The first-order chi connectivity index (χ1) is 14.3. The fourth-order valence-electron chi connectivity index (χ4n) is 3.12.